The fourth-order valence-corrected chi connectivity index (χ4v) is 5.81. The number of hydrogen-bond donors (Lipinski definition) is 2. The van der Waals surface area contributed by atoms with Crippen LogP contribution >= 0.6 is 0 Å². The molecular formula is C24H30N2O4S. The van der Waals surface area contributed by atoms with Gasteiger partial charge in [0.25, 0.3) is 5.91 Å². The Kier molecular flexibility index (Phi) is 7.15. The molecule has 0 heterocycles. The van der Waals surface area contributed by atoms with Gasteiger partial charge < -0.3 is 10.6 Å². The van der Waals surface area contributed by atoms with Crippen LogP contribution in [0, 0.1) is 12.8 Å². The van der Waals surface area contributed by atoms with Crippen LogP contribution in [-0.2, 0) is 14.6 Å². The lowest BCUT2D eigenvalue weighted by atomic mass is 10.0. The molecule has 1 atom stereocenters. The summed E-state index contributed by atoms with van der Waals surface area (Å²) in [6.07, 6.45) is 3.22. The van der Waals surface area contributed by atoms with Crippen molar-refractivity contribution in [1.29, 1.82) is 0 Å². The Bertz CT molecular complexity index is 1060. The molecule has 166 valence electrons. The molecule has 0 aromatic heterocycles. The first-order valence-corrected chi connectivity index (χ1v) is 12.3. The number of carbonyl (C=O) groups is 2. The molecule has 6 nitrogen and oxygen atoms in total. The molecular weight excluding hydrogens is 412 g/mol. The number of aryl methyl sites for hydroxylation is 1. The third kappa shape index (κ3) is 5.53. The fourth-order valence-electron chi connectivity index (χ4n) is 3.91. The van der Waals surface area contributed by atoms with E-state index >= 15 is 0 Å². The van der Waals surface area contributed by atoms with Crippen molar-refractivity contribution in [3.05, 3.63) is 59.7 Å². The van der Waals surface area contributed by atoms with Gasteiger partial charge in [0, 0.05) is 11.3 Å². The van der Waals surface area contributed by atoms with Crippen molar-refractivity contribution < 1.29 is 18.0 Å². The average Bonchev–Trinajstić information content (AvgIpc) is 3.27. The van der Waals surface area contributed by atoms with Crippen LogP contribution in [-0.4, -0.2) is 31.5 Å². The number of nitrogens with one attached hydrogen (secondary N) is 2. The number of anilines is 1. The summed E-state index contributed by atoms with van der Waals surface area (Å²) in [5.41, 5.74) is 1.85. The van der Waals surface area contributed by atoms with E-state index in [2.05, 4.69) is 10.6 Å². The van der Waals surface area contributed by atoms with Crippen LogP contribution in [0.1, 0.15) is 55.5 Å². The van der Waals surface area contributed by atoms with E-state index < -0.39 is 15.9 Å². The first-order valence-electron chi connectivity index (χ1n) is 10.7. The summed E-state index contributed by atoms with van der Waals surface area (Å²) in [5, 5.41) is 5.23. The lowest BCUT2D eigenvalue weighted by Gasteiger charge is -2.22. The quantitative estimate of drug-likeness (QED) is 0.675. The Balaban J connectivity index is 1.74. The van der Waals surface area contributed by atoms with E-state index in [1.165, 1.54) is 6.07 Å². The molecule has 0 radical (unpaired) electrons. The summed E-state index contributed by atoms with van der Waals surface area (Å²) < 4.78 is 25.7. The molecule has 2 amide bonds. The van der Waals surface area contributed by atoms with Gasteiger partial charge in [-0.25, -0.2) is 8.42 Å². The minimum absolute atomic E-state index is 0.154. The van der Waals surface area contributed by atoms with Crippen LogP contribution in [0.3, 0.4) is 0 Å². The molecule has 31 heavy (non-hydrogen) atoms. The third-order valence-corrected chi connectivity index (χ3v) is 7.95. The van der Waals surface area contributed by atoms with E-state index in [1.54, 1.807) is 36.4 Å². The summed E-state index contributed by atoms with van der Waals surface area (Å²) in [6.45, 7) is 5.60. The number of hydrogen-bond acceptors (Lipinski definition) is 4. The van der Waals surface area contributed by atoms with Crippen LogP contribution < -0.4 is 10.6 Å². The molecule has 2 N–H and O–H groups in total. The third-order valence-electron chi connectivity index (χ3n) is 5.69. The van der Waals surface area contributed by atoms with Gasteiger partial charge in [-0.1, -0.05) is 50.5 Å². The van der Waals surface area contributed by atoms with E-state index in [9.17, 15) is 18.0 Å². The van der Waals surface area contributed by atoms with E-state index in [-0.39, 0.29) is 27.9 Å². The van der Waals surface area contributed by atoms with Crippen LogP contribution in [0.4, 0.5) is 5.69 Å². The minimum Gasteiger partial charge on any atom is -0.340 e. The monoisotopic (exact) mass is 442 g/mol. The van der Waals surface area contributed by atoms with Gasteiger partial charge in [0.05, 0.1) is 10.1 Å². The molecule has 1 fully saturated rings. The van der Waals surface area contributed by atoms with Crippen LogP contribution in [0.15, 0.2) is 53.4 Å². The number of sulfone groups is 1. The van der Waals surface area contributed by atoms with Crippen molar-refractivity contribution in [2.24, 2.45) is 5.92 Å². The Morgan fingerprint density at radius 1 is 1.00 bits per heavy atom. The van der Waals surface area contributed by atoms with Crippen molar-refractivity contribution in [2.75, 3.05) is 5.32 Å². The summed E-state index contributed by atoms with van der Waals surface area (Å²) in [4.78, 5) is 25.8. The fraction of sp³-hybridized carbons (Fsp3) is 0.417. The zero-order valence-electron chi connectivity index (χ0n) is 18.2. The molecule has 0 saturated heterocycles. The molecule has 1 saturated carbocycles. The topological polar surface area (TPSA) is 92.3 Å². The van der Waals surface area contributed by atoms with Gasteiger partial charge in [-0.05, 0) is 56.0 Å². The maximum Gasteiger partial charge on any atom is 0.251 e. The molecule has 1 unspecified atom stereocenters. The SMILES string of the molecule is Cc1cccc(C(=O)NC(C(=O)Nc2cccc(S(=O)(=O)C3CCCC3)c2)C(C)C)c1. The predicted octanol–water partition coefficient (Wildman–Crippen LogP) is 4.10. The first-order chi connectivity index (χ1) is 14.7. The van der Waals surface area contributed by atoms with Crippen molar-refractivity contribution in [2.45, 2.75) is 62.6 Å². The number of amides is 2. The molecule has 1 aliphatic carbocycles. The highest BCUT2D eigenvalue weighted by Gasteiger charge is 2.31. The lowest BCUT2D eigenvalue weighted by molar-refractivity contribution is -0.118. The van der Waals surface area contributed by atoms with Crippen molar-refractivity contribution in [3.8, 4) is 0 Å². The van der Waals surface area contributed by atoms with Gasteiger partial charge in [0.2, 0.25) is 5.91 Å². The lowest BCUT2D eigenvalue weighted by Crippen LogP contribution is -2.47. The average molecular weight is 443 g/mol. The molecule has 0 bridgehead atoms. The van der Waals surface area contributed by atoms with Crippen LogP contribution in [0.2, 0.25) is 0 Å². The summed E-state index contributed by atoms with van der Waals surface area (Å²) in [6, 6.07) is 12.8. The number of carbonyl (C=O) groups excluding carboxylic acids is 2. The molecule has 2 aromatic rings. The smallest absolute Gasteiger partial charge is 0.251 e. The van der Waals surface area contributed by atoms with Gasteiger partial charge in [-0.15, -0.1) is 0 Å². The number of rotatable bonds is 7. The summed E-state index contributed by atoms with van der Waals surface area (Å²) >= 11 is 0. The maximum atomic E-state index is 12.9. The maximum absolute atomic E-state index is 12.9. The van der Waals surface area contributed by atoms with Crippen LogP contribution in [0.5, 0.6) is 0 Å². The largest absolute Gasteiger partial charge is 0.340 e. The minimum atomic E-state index is -3.41. The van der Waals surface area contributed by atoms with Gasteiger partial charge in [-0.2, -0.15) is 0 Å². The normalized spacial score (nSPS) is 15.6. The Labute approximate surface area is 184 Å². The zero-order chi connectivity index (χ0) is 22.6. The van der Waals surface area contributed by atoms with Gasteiger partial charge in [0.1, 0.15) is 6.04 Å². The highest BCUT2D eigenvalue weighted by molar-refractivity contribution is 7.92. The van der Waals surface area contributed by atoms with Gasteiger partial charge in [0.15, 0.2) is 9.84 Å². The molecule has 2 aromatic carbocycles. The van der Waals surface area contributed by atoms with E-state index in [0.717, 1.165) is 18.4 Å². The summed E-state index contributed by atoms with van der Waals surface area (Å²) in [5.74, 6) is -0.860. The highest BCUT2D eigenvalue weighted by Crippen LogP contribution is 2.30. The van der Waals surface area contributed by atoms with Crippen molar-refractivity contribution in [3.63, 3.8) is 0 Å². The Hall–Kier alpha value is -2.67. The molecule has 0 aliphatic heterocycles. The standard InChI is InChI=1S/C24H30N2O4S/c1-16(2)22(26-23(27)18-9-6-8-17(3)14-18)24(28)25-19-10-7-13-21(15-19)31(29,30)20-11-4-5-12-20/h6-10,13-16,20,22H,4-5,11-12H2,1-3H3,(H,25,28)(H,26,27). The number of benzene rings is 2. The Morgan fingerprint density at radius 3 is 2.32 bits per heavy atom. The van der Waals surface area contributed by atoms with E-state index in [4.69, 9.17) is 0 Å². The second-order valence-corrected chi connectivity index (χ2v) is 10.8. The van der Waals surface area contributed by atoms with Gasteiger partial charge >= 0.3 is 0 Å². The summed E-state index contributed by atoms with van der Waals surface area (Å²) in [7, 11) is -3.41. The van der Waals surface area contributed by atoms with Gasteiger partial charge in [-0.3, -0.25) is 9.59 Å². The molecule has 1 aliphatic rings. The molecule has 3 rings (SSSR count). The highest BCUT2D eigenvalue weighted by atomic mass is 32.2. The Morgan fingerprint density at radius 2 is 1.68 bits per heavy atom. The van der Waals surface area contributed by atoms with Crippen LogP contribution in [0.25, 0.3) is 0 Å². The van der Waals surface area contributed by atoms with Crippen molar-refractivity contribution >= 4 is 27.3 Å². The van der Waals surface area contributed by atoms with E-state index in [0.29, 0.717) is 24.1 Å². The molecule has 7 heteroatoms. The van der Waals surface area contributed by atoms with Crippen molar-refractivity contribution in [1.82, 2.24) is 5.32 Å². The zero-order valence-corrected chi connectivity index (χ0v) is 19.0. The predicted molar refractivity (Wildman–Crippen MR) is 122 cm³/mol. The first kappa shape index (κ1) is 23.0. The second kappa shape index (κ2) is 9.64. The molecule has 0 spiro atoms. The van der Waals surface area contributed by atoms with E-state index in [1.807, 2.05) is 26.8 Å². The second-order valence-electron chi connectivity index (χ2n) is 8.53.